The molecule has 1 atom stereocenters. The summed E-state index contributed by atoms with van der Waals surface area (Å²) >= 11 is 0. The zero-order chi connectivity index (χ0) is 12.7. The minimum atomic E-state index is 0.501. The minimum Gasteiger partial charge on any atom is -0.494 e. The smallest absolute Gasteiger partial charge is 0.162 e. The first-order valence-corrected chi connectivity index (χ1v) is 6.63. The summed E-state index contributed by atoms with van der Waals surface area (Å²) in [5.74, 6) is 0.952. The molecule has 1 aromatic carbocycles. The molecule has 0 saturated heterocycles. The Morgan fingerprint density at radius 1 is 1.12 bits per heavy atom. The van der Waals surface area contributed by atoms with Crippen molar-refractivity contribution in [3.63, 3.8) is 0 Å². The van der Waals surface area contributed by atoms with Crippen molar-refractivity contribution in [3.05, 3.63) is 29.8 Å². The van der Waals surface area contributed by atoms with Crippen LogP contribution in [-0.2, 0) is 0 Å². The Morgan fingerprint density at radius 2 is 1.71 bits per heavy atom. The first-order valence-electron chi connectivity index (χ1n) is 6.63. The van der Waals surface area contributed by atoms with Crippen molar-refractivity contribution in [2.75, 3.05) is 26.2 Å². The molecular formula is C14H26N2O+2. The molecule has 0 amide bonds. The standard InChI is InChI=1S/C14H24N2O/c1-4-16(5-2)14(11-15)12-7-9-13(10-8-12)17-6-3/h7-10,14H,4-6,11,15H2,1-3H3/p+2/t14-/m1/s1. The largest absolute Gasteiger partial charge is 0.494 e. The molecule has 0 saturated carbocycles. The Kier molecular flexibility index (Phi) is 6.01. The van der Waals surface area contributed by atoms with E-state index >= 15 is 0 Å². The van der Waals surface area contributed by atoms with Crippen LogP contribution in [0, 0.1) is 0 Å². The van der Waals surface area contributed by atoms with Crippen molar-refractivity contribution in [2.45, 2.75) is 26.8 Å². The molecule has 0 aliphatic carbocycles. The molecular weight excluding hydrogens is 212 g/mol. The van der Waals surface area contributed by atoms with Gasteiger partial charge in [-0.3, -0.25) is 0 Å². The quantitative estimate of drug-likeness (QED) is 0.704. The Morgan fingerprint density at radius 3 is 2.12 bits per heavy atom. The maximum absolute atomic E-state index is 5.46. The number of quaternary nitrogens is 2. The fourth-order valence-corrected chi connectivity index (χ4v) is 2.31. The second-order valence-corrected chi connectivity index (χ2v) is 4.21. The average Bonchev–Trinajstić information content (AvgIpc) is 2.37. The van der Waals surface area contributed by atoms with Crippen molar-refractivity contribution in [2.24, 2.45) is 0 Å². The van der Waals surface area contributed by atoms with Gasteiger partial charge >= 0.3 is 0 Å². The van der Waals surface area contributed by atoms with E-state index in [2.05, 4.69) is 43.8 Å². The molecule has 0 heterocycles. The monoisotopic (exact) mass is 238 g/mol. The highest BCUT2D eigenvalue weighted by atomic mass is 16.5. The molecule has 0 bridgehead atoms. The Balaban J connectivity index is 2.81. The van der Waals surface area contributed by atoms with Crippen LogP contribution < -0.4 is 15.4 Å². The fraction of sp³-hybridized carbons (Fsp3) is 0.571. The molecule has 0 unspecified atom stereocenters. The van der Waals surface area contributed by atoms with Crippen LogP contribution in [0.15, 0.2) is 24.3 Å². The lowest BCUT2D eigenvalue weighted by molar-refractivity contribution is -0.934. The fourth-order valence-electron chi connectivity index (χ4n) is 2.31. The number of benzene rings is 1. The summed E-state index contributed by atoms with van der Waals surface area (Å²) < 4.78 is 5.46. The summed E-state index contributed by atoms with van der Waals surface area (Å²) in [6.45, 7) is 10.4. The number of nitrogens with one attached hydrogen (secondary N) is 1. The van der Waals surface area contributed by atoms with Crippen molar-refractivity contribution < 1.29 is 15.4 Å². The van der Waals surface area contributed by atoms with Gasteiger partial charge in [0.05, 0.1) is 19.7 Å². The van der Waals surface area contributed by atoms with Crippen LogP contribution in [-0.4, -0.2) is 26.2 Å². The van der Waals surface area contributed by atoms with Gasteiger partial charge in [-0.05, 0) is 45.0 Å². The molecule has 3 heteroatoms. The highest BCUT2D eigenvalue weighted by Gasteiger charge is 2.21. The van der Waals surface area contributed by atoms with E-state index < -0.39 is 0 Å². The average molecular weight is 238 g/mol. The van der Waals surface area contributed by atoms with Crippen LogP contribution in [0.2, 0.25) is 0 Å². The molecule has 1 rings (SSSR count). The molecule has 0 aliphatic heterocycles. The van der Waals surface area contributed by atoms with Gasteiger partial charge in [-0.2, -0.15) is 0 Å². The third kappa shape index (κ3) is 3.72. The van der Waals surface area contributed by atoms with Gasteiger partial charge < -0.3 is 15.4 Å². The van der Waals surface area contributed by atoms with Gasteiger partial charge in [0.1, 0.15) is 12.3 Å². The van der Waals surface area contributed by atoms with Crippen molar-refractivity contribution in [1.82, 2.24) is 0 Å². The lowest BCUT2D eigenvalue weighted by Gasteiger charge is -2.24. The zero-order valence-corrected chi connectivity index (χ0v) is 11.3. The van der Waals surface area contributed by atoms with Crippen molar-refractivity contribution >= 4 is 0 Å². The first-order chi connectivity index (χ1) is 8.26. The summed E-state index contributed by atoms with van der Waals surface area (Å²) in [6.07, 6.45) is 0. The number of rotatable bonds is 7. The molecule has 0 radical (unpaired) electrons. The third-order valence-corrected chi connectivity index (χ3v) is 3.28. The molecule has 0 fully saturated rings. The second kappa shape index (κ2) is 7.30. The molecule has 1 aromatic rings. The number of hydrogen-bond acceptors (Lipinski definition) is 1. The van der Waals surface area contributed by atoms with E-state index in [1.807, 2.05) is 6.92 Å². The van der Waals surface area contributed by atoms with E-state index in [1.165, 1.54) is 5.56 Å². The van der Waals surface area contributed by atoms with Crippen LogP contribution in [0.3, 0.4) is 0 Å². The van der Waals surface area contributed by atoms with Crippen LogP contribution >= 0.6 is 0 Å². The van der Waals surface area contributed by atoms with E-state index in [1.54, 1.807) is 4.90 Å². The molecule has 17 heavy (non-hydrogen) atoms. The predicted octanol–water partition coefficient (Wildman–Crippen LogP) is 0.293. The highest BCUT2D eigenvalue weighted by molar-refractivity contribution is 5.28. The van der Waals surface area contributed by atoms with Gasteiger partial charge in [-0.15, -0.1) is 0 Å². The molecule has 0 spiro atoms. The van der Waals surface area contributed by atoms with E-state index in [0.29, 0.717) is 6.04 Å². The number of ether oxygens (including phenoxy) is 1. The topological polar surface area (TPSA) is 41.3 Å². The summed E-state index contributed by atoms with van der Waals surface area (Å²) in [7, 11) is 0. The summed E-state index contributed by atoms with van der Waals surface area (Å²) in [6, 6.07) is 8.97. The summed E-state index contributed by atoms with van der Waals surface area (Å²) in [5, 5.41) is 0. The molecule has 3 nitrogen and oxygen atoms in total. The van der Waals surface area contributed by atoms with Crippen LogP contribution in [0.4, 0.5) is 0 Å². The molecule has 0 aliphatic rings. The summed E-state index contributed by atoms with van der Waals surface area (Å²) in [4.78, 5) is 1.59. The van der Waals surface area contributed by atoms with Gasteiger partial charge in [0.2, 0.25) is 0 Å². The van der Waals surface area contributed by atoms with Gasteiger partial charge in [0.15, 0.2) is 6.04 Å². The van der Waals surface area contributed by atoms with Crippen LogP contribution in [0.25, 0.3) is 0 Å². The van der Waals surface area contributed by atoms with E-state index in [9.17, 15) is 0 Å². The second-order valence-electron chi connectivity index (χ2n) is 4.21. The lowest BCUT2D eigenvalue weighted by atomic mass is 10.1. The molecule has 0 aromatic heterocycles. The number of hydrogen-bond donors (Lipinski definition) is 2. The van der Waals surface area contributed by atoms with Gasteiger partial charge in [-0.1, -0.05) is 0 Å². The maximum Gasteiger partial charge on any atom is 0.162 e. The van der Waals surface area contributed by atoms with Crippen LogP contribution in [0.1, 0.15) is 32.4 Å². The zero-order valence-electron chi connectivity index (χ0n) is 11.3. The maximum atomic E-state index is 5.46. The number of likely N-dealkylation sites (N-methyl/N-ethyl adjacent to an activating group) is 1. The Bertz CT molecular complexity index is 307. The van der Waals surface area contributed by atoms with Gasteiger partial charge in [-0.25, -0.2) is 0 Å². The Labute approximate surface area is 105 Å². The predicted molar refractivity (Wildman–Crippen MR) is 70.2 cm³/mol. The van der Waals surface area contributed by atoms with E-state index in [4.69, 9.17) is 4.74 Å². The SMILES string of the molecule is CCOc1ccc([C@@H](C[NH3+])[NH+](CC)CC)cc1. The molecule has 4 N–H and O–H groups in total. The van der Waals surface area contributed by atoms with Crippen molar-refractivity contribution in [3.8, 4) is 5.75 Å². The lowest BCUT2D eigenvalue weighted by Crippen LogP contribution is -3.13. The normalized spacial score (nSPS) is 12.8. The van der Waals surface area contributed by atoms with Gasteiger partial charge in [0, 0.05) is 5.56 Å². The third-order valence-electron chi connectivity index (χ3n) is 3.28. The highest BCUT2D eigenvalue weighted by Crippen LogP contribution is 2.15. The van der Waals surface area contributed by atoms with Gasteiger partial charge in [0.25, 0.3) is 0 Å². The Hall–Kier alpha value is -1.06. The van der Waals surface area contributed by atoms with E-state index in [-0.39, 0.29) is 0 Å². The van der Waals surface area contributed by atoms with Crippen LogP contribution in [0.5, 0.6) is 5.75 Å². The summed E-state index contributed by atoms with van der Waals surface area (Å²) in [5.41, 5.74) is 5.45. The van der Waals surface area contributed by atoms with E-state index in [0.717, 1.165) is 32.0 Å². The molecule has 96 valence electrons. The first kappa shape index (κ1) is 14.0. The van der Waals surface area contributed by atoms with Crippen molar-refractivity contribution in [1.29, 1.82) is 0 Å². The minimum absolute atomic E-state index is 0.501.